The third-order valence-corrected chi connectivity index (χ3v) is 4.17. The number of carbonyl (C=O) groups is 2. The summed E-state index contributed by atoms with van der Waals surface area (Å²) in [5, 5.41) is 0.545. The molecule has 1 amide bonds. The van der Waals surface area contributed by atoms with E-state index in [2.05, 4.69) is 0 Å². The highest BCUT2D eigenvalue weighted by Gasteiger charge is 2.29. The smallest absolute Gasteiger partial charge is 0.338 e. The highest BCUT2D eigenvalue weighted by Crippen LogP contribution is 2.30. The van der Waals surface area contributed by atoms with Crippen LogP contribution in [0.25, 0.3) is 6.08 Å². The zero-order valence-corrected chi connectivity index (χ0v) is 15.2. The van der Waals surface area contributed by atoms with Crippen molar-refractivity contribution in [3.8, 4) is 5.75 Å². The summed E-state index contributed by atoms with van der Waals surface area (Å²) >= 11 is 5.99. The van der Waals surface area contributed by atoms with Crippen LogP contribution in [0.1, 0.15) is 17.2 Å². The van der Waals surface area contributed by atoms with Gasteiger partial charge in [-0.2, -0.15) is 0 Å². The second-order valence-corrected chi connectivity index (χ2v) is 6.51. The van der Waals surface area contributed by atoms with Gasteiger partial charge in [-0.25, -0.2) is 4.79 Å². The molecule has 1 unspecified atom stereocenters. The topological polar surface area (TPSA) is 55.8 Å². The molecule has 0 fully saturated rings. The van der Waals surface area contributed by atoms with Gasteiger partial charge in [0.25, 0.3) is 5.91 Å². The SMILES string of the molecule is CN(C)C(=O)C(OC(=O)C1=Cc2cc(Cl)ccc2OC1)c1ccccc1. The molecule has 0 aliphatic carbocycles. The van der Waals surface area contributed by atoms with E-state index in [4.69, 9.17) is 21.1 Å². The maximum absolute atomic E-state index is 12.6. The number of carbonyl (C=O) groups excluding carboxylic acids is 2. The van der Waals surface area contributed by atoms with E-state index in [1.807, 2.05) is 6.07 Å². The molecule has 0 spiro atoms. The zero-order chi connectivity index (χ0) is 18.7. The van der Waals surface area contributed by atoms with E-state index in [0.29, 0.717) is 27.5 Å². The van der Waals surface area contributed by atoms with Gasteiger partial charge in [-0.1, -0.05) is 41.9 Å². The summed E-state index contributed by atoms with van der Waals surface area (Å²) < 4.78 is 11.1. The van der Waals surface area contributed by atoms with Crippen molar-refractivity contribution in [2.24, 2.45) is 0 Å². The van der Waals surface area contributed by atoms with Crippen LogP contribution < -0.4 is 4.74 Å². The molecule has 0 radical (unpaired) electrons. The van der Waals surface area contributed by atoms with Gasteiger partial charge in [0.05, 0.1) is 5.57 Å². The van der Waals surface area contributed by atoms with Crippen molar-refractivity contribution in [3.63, 3.8) is 0 Å². The summed E-state index contributed by atoms with van der Waals surface area (Å²) in [6.07, 6.45) is 0.662. The number of esters is 1. The number of hydrogen-bond donors (Lipinski definition) is 0. The van der Waals surface area contributed by atoms with Crippen LogP contribution in [-0.4, -0.2) is 37.5 Å². The van der Waals surface area contributed by atoms with E-state index in [0.717, 1.165) is 0 Å². The molecule has 0 bridgehead atoms. The fourth-order valence-corrected chi connectivity index (χ4v) is 2.75. The van der Waals surface area contributed by atoms with Crippen molar-refractivity contribution in [1.29, 1.82) is 0 Å². The van der Waals surface area contributed by atoms with Gasteiger partial charge in [0, 0.05) is 30.2 Å². The van der Waals surface area contributed by atoms with Gasteiger partial charge in [-0.15, -0.1) is 0 Å². The van der Waals surface area contributed by atoms with E-state index in [-0.39, 0.29) is 12.5 Å². The standard InChI is InChI=1S/C20H18ClNO4/c1-22(2)19(23)18(13-6-4-3-5-7-13)26-20(24)15-10-14-11-16(21)8-9-17(14)25-12-15/h3-11,18H,12H2,1-2H3. The van der Waals surface area contributed by atoms with Crippen LogP contribution in [0.5, 0.6) is 5.75 Å². The van der Waals surface area contributed by atoms with Crippen LogP contribution in [0.2, 0.25) is 5.02 Å². The maximum atomic E-state index is 12.6. The van der Waals surface area contributed by atoms with Crippen molar-refractivity contribution < 1.29 is 19.1 Å². The predicted molar refractivity (Wildman–Crippen MR) is 98.9 cm³/mol. The predicted octanol–water partition coefficient (Wildman–Crippen LogP) is 3.49. The molecule has 6 heteroatoms. The van der Waals surface area contributed by atoms with Gasteiger partial charge >= 0.3 is 5.97 Å². The Morgan fingerprint density at radius 2 is 1.88 bits per heavy atom. The van der Waals surface area contributed by atoms with Crippen LogP contribution >= 0.6 is 11.6 Å². The second kappa shape index (κ2) is 7.62. The fourth-order valence-electron chi connectivity index (χ4n) is 2.57. The molecule has 3 rings (SSSR count). The normalized spacial score (nSPS) is 13.7. The Kier molecular flexibility index (Phi) is 5.28. The Bertz CT molecular complexity index is 861. The number of rotatable bonds is 4. The molecule has 1 aliphatic heterocycles. The van der Waals surface area contributed by atoms with Gasteiger partial charge in [0.2, 0.25) is 6.10 Å². The van der Waals surface area contributed by atoms with Gasteiger partial charge in [-0.05, 0) is 24.3 Å². The Morgan fingerprint density at radius 1 is 1.15 bits per heavy atom. The molecule has 1 aliphatic rings. The van der Waals surface area contributed by atoms with Crippen LogP contribution in [-0.2, 0) is 14.3 Å². The summed E-state index contributed by atoms with van der Waals surface area (Å²) in [6, 6.07) is 14.1. The minimum absolute atomic E-state index is 0.0745. The molecule has 0 saturated carbocycles. The summed E-state index contributed by atoms with van der Waals surface area (Å²) in [5.41, 5.74) is 1.64. The van der Waals surface area contributed by atoms with E-state index in [9.17, 15) is 9.59 Å². The molecule has 2 aromatic carbocycles. The molecular weight excluding hydrogens is 354 g/mol. The minimum Gasteiger partial charge on any atom is -0.488 e. The minimum atomic E-state index is -1.01. The van der Waals surface area contributed by atoms with Crippen molar-refractivity contribution in [2.75, 3.05) is 20.7 Å². The number of fused-ring (bicyclic) bond motifs is 1. The van der Waals surface area contributed by atoms with Gasteiger partial charge in [0.15, 0.2) is 0 Å². The number of amides is 1. The number of benzene rings is 2. The quantitative estimate of drug-likeness (QED) is 0.772. The summed E-state index contributed by atoms with van der Waals surface area (Å²) in [5.74, 6) is -0.264. The molecule has 5 nitrogen and oxygen atoms in total. The third kappa shape index (κ3) is 3.89. The second-order valence-electron chi connectivity index (χ2n) is 6.07. The van der Waals surface area contributed by atoms with Crippen LogP contribution in [0.15, 0.2) is 54.1 Å². The molecule has 0 saturated heterocycles. The lowest BCUT2D eigenvalue weighted by Crippen LogP contribution is -2.32. The van der Waals surface area contributed by atoms with E-state index < -0.39 is 12.1 Å². The lowest BCUT2D eigenvalue weighted by atomic mass is 10.1. The highest BCUT2D eigenvalue weighted by molar-refractivity contribution is 6.30. The average Bonchev–Trinajstić information content (AvgIpc) is 2.65. The first kappa shape index (κ1) is 18.0. The molecule has 0 N–H and O–H groups in total. The van der Waals surface area contributed by atoms with Crippen LogP contribution in [0.4, 0.5) is 0 Å². The number of nitrogens with zero attached hydrogens (tertiary/aromatic N) is 1. The lowest BCUT2D eigenvalue weighted by molar-refractivity contribution is -0.156. The monoisotopic (exact) mass is 371 g/mol. The largest absolute Gasteiger partial charge is 0.488 e. The van der Waals surface area contributed by atoms with Crippen molar-refractivity contribution in [2.45, 2.75) is 6.10 Å². The van der Waals surface area contributed by atoms with E-state index >= 15 is 0 Å². The van der Waals surface area contributed by atoms with E-state index in [1.54, 1.807) is 62.6 Å². The number of halogens is 1. The first-order valence-corrected chi connectivity index (χ1v) is 8.43. The van der Waals surface area contributed by atoms with Crippen LogP contribution in [0, 0.1) is 0 Å². The highest BCUT2D eigenvalue weighted by atomic mass is 35.5. The molecule has 26 heavy (non-hydrogen) atoms. The molecule has 0 aromatic heterocycles. The molecule has 1 atom stereocenters. The van der Waals surface area contributed by atoms with Crippen molar-refractivity contribution >= 4 is 29.6 Å². The van der Waals surface area contributed by atoms with Crippen LogP contribution in [0.3, 0.4) is 0 Å². The number of ether oxygens (including phenoxy) is 2. The lowest BCUT2D eigenvalue weighted by Gasteiger charge is -2.23. The van der Waals surface area contributed by atoms with E-state index in [1.165, 1.54) is 4.90 Å². The maximum Gasteiger partial charge on any atom is 0.338 e. The fraction of sp³-hybridized carbons (Fsp3) is 0.200. The molecule has 2 aromatic rings. The van der Waals surface area contributed by atoms with Gasteiger partial charge < -0.3 is 14.4 Å². The zero-order valence-electron chi connectivity index (χ0n) is 14.4. The summed E-state index contributed by atoms with van der Waals surface area (Å²) in [4.78, 5) is 26.5. The average molecular weight is 372 g/mol. The summed E-state index contributed by atoms with van der Waals surface area (Å²) in [7, 11) is 3.24. The first-order valence-electron chi connectivity index (χ1n) is 8.05. The number of hydrogen-bond acceptors (Lipinski definition) is 4. The van der Waals surface area contributed by atoms with Crippen molar-refractivity contribution in [1.82, 2.24) is 4.90 Å². The first-order chi connectivity index (χ1) is 12.5. The van der Waals surface area contributed by atoms with Crippen molar-refractivity contribution in [3.05, 3.63) is 70.3 Å². The number of likely N-dealkylation sites (N-methyl/N-ethyl adjacent to an activating group) is 1. The Hall–Kier alpha value is -2.79. The Balaban J connectivity index is 1.85. The van der Waals surface area contributed by atoms with Gasteiger partial charge in [0.1, 0.15) is 12.4 Å². The van der Waals surface area contributed by atoms with Gasteiger partial charge in [-0.3, -0.25) is 4.79 Å². The third-order valence-electron chi connectivity index (χ3n) is 3.94. The Labute approximate surface area is 156 Å². The molecular formula is C20H18ClNO4. The summed E-state index contributed by atoms with van der Waals surface area (Å²) in [6.45, 7) is 0.0745. The Morgan fingerprint density at radius 3 is 2.58 bits per heavy atom. The molecule has 134 valence electrons. The molecule has 1 heterocycles.